The molecule has 0 aliphatic carbocycles. The van der Waals surface area contributed by atoms with Crippen LogP contribution in [0.4, 0.5) is 0 Å². The van der Waals surface area contributed by atoms with Gasteiger partial charge in [-0.15, -0.1) is 0 Å². The molecule has 2 aliphatic rings. The molecule has 5 nitrogen and oxygen atoms in total. The van der Waals surface area contributed by atoms with Crippen LogP contribution >= 0.6 is 0 Å². The zero-order valence-corrected chi connectivity index (χ0v) is 13.8. The van der Waals surface area contributed by atoms with E-state index in [1.54, 1.807) is 0 Å². The first kappa shape index (κ1) is 16.7. The quantitative estimate of drug-likeness (QED) is 0.822. The molecule has 2 aliphatic heterocycles. The lowest BCUT2D eigenvalue weighted by Gasteiger charge is -2.39. The second-order valence-electron chi connectivity index (χ2n) is 7.02. The van der Waals surface area contributed by atoms with E-state index in [2.05, 4.69) is 35.6 Å². The lowest BCUT2D eigenvalue weighted by atomic mass is 9.83. The lowest BCUT2D eigenvalue weighted by Crippen LogP contribution is -2.49. The molecule has 2 rings (SSSR count). The average molecular weight is 297 g/mol. The molecule has 5 heteroatoms. The Balaban J connectivity index is 1.86. The van der Waals surface area contributed by atoms with Gasteiger partial charge in [0.1, 0.15) is 0 Å². The number of piperazine rings is 1. The smallest absolute Gasteiger partial charge is 0.308 e. The number of hydrogen-bond acceptors (Lipinski definition) is 4. The minimum atomic E-state index is -0.600. The minimum Gasteiger partial charge on any atom is -0.481 e. The summed E-state index contributed by atoms with van der Waals surface area (Å²) >= 11 is 0. The van der Waals surface area contributed by atoms with Gasteiger partial charge in [-0.25, -0.2) is 0 Å². The van der Waals surface area contributed by atoms with Crippen LogP contribution in [-0.2, 0) is 4.79 Å². The summed E-state index contributed by atoms with van der Waals surface area (Å²) < 4.78 is 0. The highest BCUT2D eigenvalue weighted by atomic mass is 16.4. The zero-order valence-electron chi connectivity index (χ0n) is 13.8. The van der Waals surface area contributed by atoms with Crippen molar-refractivity contribution < 1.29 is 9.90 Å². The first-order chi connectivity index (χ1) is 9.97. The molecule has 0 saturated carbocycles. The fourth-order valence-electron chi connectivity index (χ4n) is 3.58. The summed E-state index contributed by atoms with van der Waals surface area (Å²) in [5.74, 6) is -0.447. The van der Waals surface area contributed by atoms with E-state index in [9.17, 15) is 9.90 Å². The van der Waals surface area contributed by atoms with Crippen LogP contribution in [0, 0.1) is 11.8 Å². The van der Waals surface area contributed by atoms with Crippen LogP contribution in [0.2, 0.25) is 0 Å². The van der Waals surface area contributed by atoms with Crippen LogP contribution in [0.3, 0.4) is 0 Å². The highest BCUT2D eigenvalue weighted by molar-refractivity contribution is 5.70. The predicted molar refractivity (Wildman–Crippen MR) is 84.5 cm³/mol. The molecule has 0 bridgehead atoms. The first-order valence-electron chi connectivity index (χ1n) is 8.35. The molecule has 21 heavy (non-hydrogen) atoms. The van der Waals surface area contributed by atoms with Crippen molar-refractivity contribution >= 4 is 5.97 Å². The topological polar surface area (TPSA) is 47.0 Å². The first-order valence-corrected chi connectivity index (χ1v) is 8.35. The average Bonchev–Trinajstić information content (AvgIpc) is 2.46. The van der Waals surface area contributed by atoms with E-state index >= 15 is 0 Å². The second kappa shape index (κ2) is 7.56. The molecule has 2 heterocycles. The molecule has 0 amide bonds. The van der Waals surface area contributed by atoms with Crippen LogP contribution < -0.4 is 0 Å². The summed E-state index contributed by atoms with van der Waals surface area (Å²) in [6, 6.07) is 0.576. The third-order valence-electron chi connectivity index (χ3n) is 5.24. The zero-order chi connectivity index (χ0) is 15.4. The maximum absolute atomic E-state index is 11.7. The van der Waals surface area contributed by atoms with Crippen molar-refractivity contribution in [3.05, 3.63) is 0 Å². The van der Waals surface area contributed by atoms with Crippen molar-refractivity contribution in [3.63, 3.8) is 0 Å². The van der Waals surface area contributed by atoms with Crippen molar-refractivity contribution in [3.8, 4) is 0 Å². The Morgan fingerprint density at radius 3 is 2.14 bits per heavy atom. The molecule has 1 N–H and O–H groups in total. The van der Waals surface area contributed by atoms with Crippen molar-refractivity contribution in [1.82, 2.24) is 14.7 Å². The summed E-state index contributed by atoms with van der Waals surface area (Å²) in [6.07, 6.45) is 2.06. The van der Waals surface area contributed by atoms with E-state index in [1.165, 1.54) is 0 Å². The Labute approximate surface area is 128 Å². The third kappa shape index (κ3) is 4.66. The predicted octanol–water partition coefficient (Wildman–Crippen LogP) is 1.06. The van der Waals surface area contributed by atoms with E-state index in [4.69, 9.17) is 0 Å². The highest BCUT2D eigenvalue weighted by Crippen LogP contribution is 2.27. The third-order valence-corrected chi connectivity index (χ3v) is 5.24. The maximum Gasteiger partial charge on any atom is 0.308 e. The minimum absolute atomic E-state index is 0.192. The molecule has 0 aromatic carbocycles. The summed E-state index contributed by atoms with van der Waals surface area (Å²) in [4.78, 5) is 18.8. The number of piperidine rings is 1. The molecule has 0 aromatic rings. The van der Waals surface area contributed by atoms with E-state index in [0.717, 1.165) is 58.7 Å². The van der Waals surface area contributed by atoms with Crippen LogP contribution in [0.1, 0.15) is 26.7 Å². The van der Waals surface area contributed by atoms with Gasteiger partial charge < -0.3 is 14.9 Å². The van der Waals surface area contributed by atoms with Gasteiger partial charge in [0.2, 0.25) is 0 Å². The Morgan fingerprint density at radius 2 is 1.67 bits per heavy atom. The number of hydrogen-bond donors (Lipinski definition) is 1. The number of carboxylic acids is 1. The molecule has 0 radical (unpaired) electrons. The van der Waals surface area contributed by atoms with Crippen LogP contribution in [0.15, 0.2) is 0 Å². The van der Waals surface area contributed by atoms with Gasteiger partial charge in [-0.1, -0.05) is 0 Å². The van der Waals surface area contributed by atoms with Crippen LogP contribution in [-0.4, -0.2) is 84.7 Å². The van der Waals surface area contributed by atoms with Gasteiger partial charge in [-0.05, 0) is 52.7 Å². The van der Waals surface area contributed by atoms with Crippen molar-refractivity contribution in [2.24, 2.45) is 11.8 Å². The molecule has 1 atom stereocenters. The SMILES string of the molecule is CC(C)N1CCC(C(CN2CCN(C)CC2)C(=O)O)CC1. The van der Waals surface area contributed by atoms with Crippen LogP contribution in [0.25, 0.3) is 0 Å². The number of nitrogens with zero attached hydrogens (tertiary/aromatic N) is 3. The molecular formula is C16H31N3O2. The number of likely N-dealkylation sites (tertiary alicyclic amines) is 1. The Hall–Kier alpha value is -0.650. The van der Waals surface area contributed by atoms with Crippen molar-refractivity contribution in [2.75, 3.05) is 52.9 Å². The molecule has 1 unspecified atom stereocenters. The molecule has 122 valence electrons. The number of carboxylic acid groups (broad SMARTS) is 1. The van der Waals surface area contributed by atoms with Gasteiger partial charge >= 0.3 is 5.97 Å². The standard InChI is InChI=1S/C16H31N3O2/c1-13(2)19-6-4-14(5-7-19)15(16(20)21)12-18-10-8-17(3)9-11-18/h13-15H,4-12H2,1-3H3,(H,20,21). The molecular weight excluding hydrogens is 266 g/mol. The normalized spacial score (nSPS) is 25.3. The number of carbonyl (C=O) groups is 1. The summed E-state index contributed by atoms with van der Waals surface area (Å²) in [7, 11) is 2.13. The Morgan fingerprint density at radius 1 is 1.10 bits per heavy atom. The van der Waals surface area contributed by atoms with Crippen molar-refractivity contribution in [1.29, 1.82) is 0 Å². The molecule has 0 aromatic heterocycles. The highest BCUT2D eigenvalue weighted by Gasteiger charge is 2.33. The molecule has 0 spiro atoms. The van der Waals surface area contributed by atoms with Gasteiger partial charge in [0.05, 0.1) is 5.92 Å². The van der Waals surface area contributed by atoms with E-state index in [1.807, 2.05) is 0 Å². The number of likely N-dealkylation sites (N-methyl/N-ethyl adjacent to an activating group) is 1. The number of aliphatic carboxylic acids is 1. The molecule has 2 fully saturated rings. The van der Waals surface area contributed by atoms with Gasteiger partial charge in [0.15, 0.2) is 0 Å². The fourth-order valence-corrected chi connectivity index (χ4v) is 3.58. The van der Waals surface area contributed by atoms with Crippen molar-refractivity contribution in [2.45, 2.75) is 32.7 Å². The Kier molecular flexibility index (Phi) is 6.02. The molecule has 2 saturated heterocycles. The Bertz CT molecular complexity index is 332. The van der Waals surface area contributed by atoms with Gasteiger partial charge in [0, 0.05) is 38.8 Å². The summed E-state index contributed by atoms with van der Waals surface area (Å²) in [5.41, 5.74) is 0. The van der Waals surface area contributed by atoms with Gasteiger partial charge in [0.25, 0.3) is 0 Å². The second-order valence-corrected chi connectivity index (χ2v) is 7.02. The lowest BCUT2D eigenvalue weighted by molar-refractivity contribution is -0.145. The van der Waals surface area contributed by atoms with E-state index in [0.29, 0.717) is 12.0 Å². The fraction of sp³-hybridized carbons (Fsp3) is 0.938. The van der Waals surface area contributed by atoms with Gasteiger partial charge in [-0.3, -0.25) is 9.69 Å². The van der Waals surface area contributed by atoms with Gasteiger partial charge in [-0.2, -0.15) is 0 Å². The maximum atomic E-state index is 11.7. The largest absolute Gasteiger partial charge is 0.481 e. The van der Waals surface area contributed by atoms with E-state index < -0.39 is 5.97 Å². The summed E-state index contributed by atoms with van der Waals surface area (Å²) in [5, 5.41) is 9.63. The summed E-state index contributed by atoms with van der Waals surface area (Å²) in [6.45, 7) is 11.4. The monoisotopic (exact) mass is 297 g/mol. The van der Waals surface area contributed by atoms with Crippen LogP contribution in [0.5, 0.6) is 0 Å². The van der Waals surface area contributed by atoms with E-state index in [-0.39, 0.29) is 5.92 Å². The number of rotatable bonds is 5.